The Labute approximate surface area is 134 Å². The van der Waals surface area contributed by atoms with E-state index in [2.05, 4.69) is 0 Å². The second-order valence-corrected chi connectivity index (χ2v) is 3.55. The molecule has 0 atom stereocenters. The molecule has 0 aliphatic carbocycles. The predicted octanol–water partition coefficient (Wildman–Crippen LogP) is 2.74. The zero-order valence-electron chi connectivity index (χ0n) is 10.1. The van der Waals surface area contributed by atoms with Crippen molar-refractivity contribution in [2.45, 2.75) is 12.4 Å². The van der Waals surface area contributed by atoms with Crippen LogP contribution in [0.25, 0.3) is 0 Å². The van der Waals surface area contributed by atoms with Crippen LogP contribution in [-0.4, -0.2) is 51.7 Å². The van der Waals surface area contributed by atoms with Crippen molar-refractivity contribution in [3.63, 3.8) is 0 Å². The van der Waals surface area contributed by atoms with Gasteiger partial charge in [0.1, 0.15) is 0 Å². The first-order chi connectivity index (χ1) is 8.85. The Kier molecular flexibility index (Phi) is 5.87. The van der Waals surface area contributed by atoms with E-state index in [0.717, 1.165) is 0 Å². The van der Waals surface area contributed by atoms with E-state index in [4.69, 9.17) is 10.2 Å². The molecule has 1 aromatic carbocycles. The summed E-state index contributed by atoms with van der Waals surface area (Å²) in [4.78, 5) is 21.2. The van der Waals surface area contributed by atoms with Crippen LogP contribution in [0.3, 0.4) is 0 Å². The fraction of sp³-hybridized carbons (Fsp3) is 0.200. The Hall–Kier alpha value is -1.26. The third-order valence-electron chi connectivity index (χ3n) is 2.23. The van der Waals surface area contributed by atoms with Crippen molar-refractivity contribution in [1.82, 2.24) is 0 Å². The maximum absolute atomic E-state index is 12.5. The molecular formula is C10H4F6NaO4. The molecule has 4 nitrogen and oxygen atoms in total. The summed E-state index contributed by atoms with van der Waals surface area (Å²) in [7, 11) is 0. The number of benzene rings is 1. The van der Waals surface area contributed by atoms with Crippen LogP contribution in [0.4, 0.5) is 26.3 Å². The summed E-state index contributed by atoms with van der Waals surface area (Å²) in [5.41, 5.74) is -7.27. The van der Waals surface area contributed by atoms with Gasteiger partial charge in [-0.1, -0.05) is 0 Å². The summed E-state index contributed by atoms with van der Waals surface area (Å²) in [5, 5.41) is 17.1. The largest absolute Gasteiger partial charge is 0.478 e. The molecule has 2 N–H and O–H groups in total. The summed E-state index contributed by atoms with van der Waals surface area (Å²) in [6, 6.07) is -0.677. The number of alkyl halides is 6. The van der Waals surface area contributed by atoms with Gasteiger partial charge in [-0.05, 0) is 12.1 Å². The minimum atomic E-state index is -5.30. The van der Waals surface area contributed by atoms with Gasteiger partial charge in [0.15, 0.2) is 0 Å². The Balaban J connectivity index is 0.00000400. The van der Waals surface area contributed by atoms with Crippen molar-refractivity contribution in [3.8, 4) is 0 Å². The molecule has 0 aromatic heterocycles. The Bertz CT molecular complexity index is 526. The molecule has 1 rings (SSSR count). The SMILES string of the molecule is O=C(O)c1cc(C(F)(F)F)c(C(=O)O)cc1C(F)(F)F.[Na]. The van der Waals surface area contributed by atoms with Crippen LogP contribution in [0.5, 0.6) is 0 Å². The van der Waals surface area contributed by atoms with Gasteiger partial charge in [0.25, 0.3) is 0 Å². The van der Waals surface area contributed by atoms with Gasteiger partial charge in [-0.3, -0.25) is 0 Å². The number of hydrogen-bond acceptors (Lipinski definition) is 2. The fourth-order valence-corrected chi connectivity index (χ4v) is 1.42. The van der Waals surface area contributed by atoms with Gasteiger partial charge in [-0.15, -0.1) is 0 Å². The van der Waals surface area contributed by atoms with Gasteiger partial charge in [0.2, 0.25) is 0 Å². The number of rotatable bonds is 2. The zero-order valence-corrected chi connectivity index (χ0v) is 12.1. The topological polar surface area (TPSA) is 74.6 Å². The minimum Gasteiger partial charge on any atom is -0.478 e. The predicted molar refractivity (Wildman–Crippen MR) is 56.1 cm³/mol. The van der Waals surface area contributed by atoms with Crippen LogP contribution < -0.4 is 0 Å². The number of halogens is 6. The van der Waals surface area contributed by atoms with Crippen LogP contribution in [0.1, 0.15) is 31.8 Å². The van der Waals surface area contributed by atoms with E-state index in [1.165, 1.54) is 0 Å². The summed E-state index contributed by atoms with van der Waals surface area (Å²) in [6.45, 7) is 0. The molecular weight excluding hydrogens is 321 g/mol. The van der Waals surface area contributed by atoms with Gasteiger partial charge in [0, 0.05) is 29.6 Å². The Morgan fingerprint density at radius 3 is 1.14 bits per heavy atom. The van der Waals surface area contributed by atoms with Crippen molar-refractivity contribution in [2.75, 3.05) is 0 Å². The summed E-state index contributed by atoms with van der Waals surface area (Å²) < 4.78 is 75.3. The van der Waals surface area contributed by atoms with Crippen molar-refractivity contribution >= 4 is 41.5 Å². The molecule has 0 saturated heterocycles. The second kappa shape index (κ2) is 6.24. The molecule has 0 saturated carbocycles. The summed E-state index contributed by atoms with van der Waals surface area (Å²) >= 11 is 0. The van der Waals surface area contributed by atoms with E-state index in [1.807, 2.05) is 0 Å². The van der Waals surface area contributed by atoms with Gasteiger partial charge in [-0.2, -0.15) is 26.3 Å². The van der Waals surface area contributed by atoms with Gasteiger partial charge < -0.3 is 10.2 Å². The minimum absolute atomic E-state index is 0. The third kappa shape index (κ3) is 4.35. The quantitative estimate of drug-likeness (QED) is 0.648. The average Bonchev–Trinajstić information content (AvgIpc) is 2.24. The maximum Gasteiger partial charge on any atom is 0.417 e. The van der Waals surface area contributed by atoms with Crippen LogP contribution >= 0.6 is 0 Å². The number of aromatic carboxylic acids is 2. The van der Waals surface area contributed by atoms with E-state index in [9.17, 15) is 35.9 Å². The van der Waals surface area contributed by atoms with Crippen LogP contribution in [0.2, 0.25) is 0 Å². The first-order valence-electron chi connectivity index (χ1n) is 4.64. The molecule has 111 valence electrons. The van der Waals surface area contributed by atoms with Gasteiger partial charge in [-0.25, -0.2) is 9.59 Å². The van der Waals surface area contributed by atoms with Crippen molar-refractivity contribution < 1.29 is 46.1 Å². The van der Waals surface area contributed by atoms with E-state index in [0.29, 0.717) is 0 Å². The van der Waals surface area contributed by atoms with Crippen LogP contribution in [0.15, 0.2) is 12.1 Å². The Morgan fingerprint density at radius 1 is 0.762 bits per heavy atom. The molecule has 1 aromatic rings. The molecule has 0 aliphatic heterocycles. The maximum atomic E-state index is 12.5. The molecule has 11 heteroatoms. The molecule has 0 bridgehead atoms. The summed E-state index contributed by atoms with van der Waals surface area (Å²) in [6.07, 6.45) is -10.6. The molecule has 0 amide bonds. The van der Waals surface area contributed by atoms with E-state index in [-0.39, 0.29) is 41.7 Å². The normalized spacial score (nSPS) is 11.7. The number of carboxylic acid groups (broad SMARTS) is 2. The molecule has 0 unspecified atom stereocenters. The van der Waals surface area contributed by atoms with Crippen LogP contribution in [0, 0.1) is 0 Å². The molecule has 0 heterocycles. The summed E-state index contributed by atoms with van der Waals surface area (Å²) in [5.74, 6) is -4.50. The van der Waals surface area contributed by atoms with Gasteiger partial charge in [0.05, 0.1) is 22.3 Å². The molecule has 0 aliphatic rings. The fourth-order valence-electron chi connectivity index (χ4n) is 1.42. The van der Waals surface area contributed by atoms with Gasteiger partial charge >= 0.3 is 24.3 Å². The molecule has 0 fully saturated rings. The second-order valence-electron chi connectivity index (χ2n) is 3.55. The number of hydrogen-bond donors (Lipinski definition) is 2. The van der Waals surface area contributed by atoms with E-state index < -0.39 is 46.5 Å². The standard InChI is InChI=1S/C10H4F6O4.Na/c11-9(12,13)5-1-3(7(17)18)6(10(14,15)16)2-4(5)8(19)20;/h1-2H,(H,17,18)(H,19,20);. The molecule has 1 radical (unpaired) electrons. The average molecular weight is 325 g/mol. The number of carbonyl (C=O) groups is 2. The van der Waals surface area contributed by atoms with Crippen molar-refractivity contribution in [2.24, 2.45) is 0 Å². The van der Waals surface area contributed by atoms with Crippen LogP contribution in [-0.2, 0) is 12.4 Å². The monoisotopic (exact) mass is 325 g/mol. The van der Waals surface area contributed by atoms with Crippen molar-refractivity contribution in [3.05, 3.63) is 34.4 Å². The first-order valence-corrected chi connectivity index (χ1v) is 4.64. The first kappa shape index (κ1) is 19.7. The van der Waals surface area contributed by atoms with E-state index in [1.54, 1.807) is 0 Å². The van der Waals surface area contributed by atoms with E-state index >= 15 is 0 Å². The third-order valence-corrected chi connectivity index (χ3v) is 2.23. The Morgan fingerprint density at radius 2 is 1.00 bits per heavy atom. The number of carboxylic acids is 2. The van der Waals surface area contributed by atoms with Crippen molar-refractivity contribution in [1.29, 1.82) is 0 Å². The molecule has 21 heavy (non-hydrogen) atoms. The molecule has 0 spiro atoms. The zero-order chi connectivity index (χ0) is 15.9. The smallest absolute Gasteiger partial charge is 0.417 e.